The summed E-state index contributed by atoms with van der Waals surface area (Å²) in [6, 6.07) is 25.2. The van der Waals surface area contributed by atoms with Crippen molar-refractivity contribution in [2.75, 3.05) is 6.61 Å². The molecule has 0 bridgehead atoms. The van der Waals surface area contributed by atoms with Gasteiger partial charge in [0.2, 0.25) is 0 Å². The smallest absolute Gasteiger partial charge is 0.264 e. The molecule has 6 heteroatoms. The van der Waals surface area contributed by atoms with Gasteiger partial charge in [0, 0.05) is 0 Å². The summed E-state index contributed by atoms with van der Waals surface area (Å²) in [7, 11) is 0. The molecular formula is C25H22N2O3S. The molecule has 0 spiro atoms. The molecule has 1 fully saturated rings. The molecule has 1 heterocycles. The van der Waals surface area contributed by atoms with Crippen LogP contribution in [0.4, 0.5) is 5.69 Å². The van der Waals surface area contributed by atoms with Gasteiger partial charge < -0.3 is 14.8 Å². The van der Waals surface area contributed by atoms with Crippen LogP contribution in [0, 0.1) is 0 Å². The Bertz CT molecular complexity index is 1090. The lowest BCUT2D eigenvalue weighted by atomic mass is 10.2. The van der Waals surface area contributed by atoms with Crippen LogP contribution < -0.4 is 14.8 Å². The number of amides is 1. The van der Waals surface area contributed by atoms with Crippen LogP contribution in [0.3, 0.4) is 0 Å². The first kappa shape index (κ1) is 20.8. The van der Waals surface area contributed by atoms with Crippen molar-refractivity contribution in [2.24, 2.45) is 4.99 Å². The number of ether oxygens (including phenoxy) is 2. The van der Waals surface area contributed by atoms with E-state index in [1.54, 1.807) is 0 Å². The monoisotopic (exact) mass is 430 g/mol. The Morgan fingerprint density at radius 2 is 1.58 bits per heavy atom. The van der Waals surface area contributed by atoms with Crippen LogP contribution in [0.25, 0.3) is 6.08 Å². The topological polar surface area (TPSA) is 59.9 Å². The highest BCUT2D eigenvalue weighted by atomic mass is 32.2. The molecule has 0 radical (unpaired) electrons. The Balaban J connectivity index is 1.38. The molecule has 1 amide bonds. The molecule has 156 valence electrons. The minimum atomic E-state index is -0.154. The molecular weight excluding hydrogens is 408 g/mol. The number of carbonyl (C=O) groups excluding carboxylic acids is 1. The molecule has 3 aromatic carbocycles. The van der Waals surface area contributed by atoms with E-state index in [4.69, 9.17) is 9.47 Å². The quantitative estimate of drug-likeness (QED) is 0.499. The second-order valence-electron chi connectivity index (χ2n) is 6.75. The van der Waals surface area contributed by atoms with Crippen LogP contribution in [0.2, 0.25) is 0 Å². The maximum atomic E-state index is 12.3. The summed E-state index contributed by atoms with van der Waals surface area (Å²) in [5.41, 5.74) is 2.80. The van der Waals surface area contributed by atoms with Gasteiger partial charge in [-0.05, 0) is 72.3 Å². The highest BCUT2D eigenvalue weighted by Gasteiger charge is 2.23. The molecule has 5 nitrogen and oxygen atoms in total. The second-order valence-corrected chi connectivity index (χ2v) is 7.78. The van der Waals surface area contributed by atoms with Crippen molar-refractivity contribution in [1.29, 1.82) is 0 Å². The van der Waals surface area contributed by atoms with Gasteiger partial charge in [-0.15, -0.1) is 0 Å². The van der Waals surface area contributed by atoms with Crippen LogP contribution in [0.15, 0.2) is 88.8 Å². The summed E-state index contributed by atoms with van der Waals surface area (Å²) >= 11 is 1.32. The zero-order valence-electron chi connectivity index (χ0n) is 17.1. The third-order valence-electron chi connectivity index (χ3n) is 4.46. The van der Waals surface area contributed by atoms with Gasteiger partial charge in [-0.25, -0.2) is 4.99 Å². The predicted molar refractivity (Wildman–Crippen MR) is 126 cm³/mol. The van der Waals surface area contributed by atoms with Gasteiger partial charge in [-0.1, -0.05) is 42.5 Å². The van der Waals surface area contributed by atoms with Crippen molar-refractivity contribution in [2.45, 2.75) is 13.5 Å². The molecule has 1 aliphatic heterocycles. The average Bonchev–Trinajstić information content (AvgIpc) is 3.14. The molecule has 0 unspecified atom stereocenters. The number of benzene rings is 3. The standard InChI is InChI=1S/C25H22N2O3S/c1-2-29-21-14-10-20(11-15-21)26-25-27-24(28)23(31-25)16-18-8-12-22(13-9-18)30-17-19-6-4-3-5-7-19/h3-16H,2,17H2,1H3,(H,26,27,28)/b23-16-. The van der Waals surface area contributed by atoms with E-state index in [9.17, 15) is 4.79 Å². The first-order chi connectivity index (χ1) is 15.2. The van der Waals surface area contributed by atoms with Crippen molar-refractivity contribution in [1.82, 2.24) is 5.32 Å². The lowest BCUT2D eigenvalue weighted by Gasteiger charge is -2.06. The summed E-state index contributed by atoms with van der Waals surface area (Å²) in [4.78, 5) is 17.4. The van der Waals surface area contributed by atoms with Gasteiger partial charge in [0.15, 0.2) is 5.17 Å². The maximum Gasteiger partial charge on any atom is 0.264 e. The highest BCUT2D eigenvalue weighted by Crippen LogP contribution is 2.29. The van der Waals surface area contributed by atoms with Crippen LogP contribution in [0.5, 0.6) is 11.5 Å². The van der Waals surface area contributed by atoms with Crippen LogP contribution in [0.1, 0.15) is 18.1 Å². The van der Waals surface area contributed by atoms with E-state index in [0.717, 1.165) is 28.3 Å². The summed E-state index contributed by atoms with van der Waals surface area (Å²) < 4.78 is 11.2. The molecule has 31 heavy (non-hydrogen) atoms. The van der Waals surface area contributed by atoms with Crippen molar-refractivity contribution in [3.63, 3.8) is 0 Å². The second kappa shape index (κ2) is 10.00. The molecule has 0 aromatic heterocycles. The molecule has 0 atom stereocenters. The number of carbonyl (C=O) groups is 1. The Hall–Kier alpha value is -3.51. The normalized spacial score (nSPS) is 15.8. The summed E-state index contributed by atoms with van der Waals surface area (Å²) in [5.74, 6) is 1.43. The molecule has 4 rings (SSSR count). The molecule has 1 N–H and O–H groups in total. The largest absolute Gasteiger partial charge is 0.494 e. The fourth-order valence-corrected chi connectivity index (χ4v) is 3.78. The van der Waals surface area contributed by atoms with Gasteiger partial charge in [0.05, 0.1) is 17.2 Å². The van der Waals surface area contributed by atoms with E-state index in [1.165, 1.54) is 11.8 Å². The fraction of sp³-hybridized carbons (Fsp3) is 0.120. The summed E-state index contributed by atoms with van der Waals surface area (Å²) in [6.07, 6.45) is 1.85. The number of aliphatic imine (C=N–C) groups is 1. The Kier molecular flexibility index (Phi) is 6.69. The van der Waals surface area contributed by atoms with Crippen LogP contribution in [-0.4, -0.2) is 17.7 Å². The van der Waals surface area contributed by atoms with Gasteiger partial charge in [-0.2, -0.15) is 0 Å². The van der Waals surface area contributed by atoms with Crippen molar-refractivity contribution < 1.29 is 14.3 Å². The van der Waals surface area contributed by atoms with Gasteiger partial charge in [0.1, 0.15) is 18.1 Å². The third-order valence-corrected chi connectivity index (χ3v) is 5.37. The fourth-order valence-electron chi connectivity index (χ4n) is 2.93. The zero-order valence-corrected chi connectivity index (χ0v) is 17.9. The Morgan fingerprint density at radius 3 is 2.29 bits per heavy atom. The molecule has 0 saturated carbocycles. The number of amidine groups is 1. The summed E-state index contributed by atoms with van der Waals surface area (Å²) in [5, 5.41) is 3.37. The SMILES string of the molecule is CCOc1ccc(N=C2NC(=O)/C(=C/c3ccc(OCc4ccccc4)cc3)S2)cc1. The Labute approximate surface area is 185 Å². The summed E-state index contributed by atoms with van der Waals surface area (Å²) in [6.45, 7) is 3.08. The minimum absolute atomic E-state index is 0.154. The number of nitrogens with zero attached hydrogens (tertiary/aromatic N) is 1. The van der Waals surface area contributed by atoms with Gasteiger partial charge in [-0.3, -0.25) is 4.79 Å². The first-order valence-electron chi connectivity index (χ1n) is 9.99. The van der Waals surface area contributed by atoms with Crippen molar-refractivity contribution in [3.05, 3.63) is 94.9 Å². The lowest BCUT2D eigenvalue weighted by molar-refractivity contribution is -0.115. The highest BCUT2D eigenvalue weighted by molar-refractivity contribution is 8.18. The zero-order chi connectivity index (χ0) is 21.5. The van der Waals surface area contributed by atoms with E-state index < -0.39 is 0 Å². The van der Waals surface area contributed by atoms with Crippen molar-refractivity contribution >= 4 is 34.6 Å². The van der Waals surface area contributed by atoms with Gasteiger partial charge >= 0.3 is 0 Å². The van der Waals surface area contributed by atoms with E-state index in [2.05, 4.69) is 10.3 Å². The molecule has 1 saturated heterocycles. The van der Waals surface area contributed by atoms with Crippen LogP contribution in [-0.2, 0) is 11.4 Å². The number of hydrogen-bond acceptors (Lipinski definition) is 5. The number of hydrogen-bond donors (Lipinski definition) is 1. The molecule has 1 aliphatic rings. The number of rotatable bonds is 7. The maximum absolute atomic E-state index is 12.3. The molecule has 3 aromatic rings. The van der Waals surface area contributed by atoms with E-state index in [-0.39, 0.29) is 5.91 Å². The number of thioether (sulfide) groups is 1. The van der Waals surface area contributed by atoms with Crippen molar-refractivity contribution in [3.8, 4) is 11.5 Å². The predicted octanol–water partition coefficient (Wildman–Crippen LogP) is 5.56. The van der Waals surface area contributed by atoms with E-state index in [1.807, 2.05) is 91.9 Å². The number of nitrogens with one attached hydrogen (secondary N) is 1. The average molecular weight is 431 g/mol. The first-order valence-corrected chi connectivity index (χ1v) is 10.8. The lowest BCUT2D eigenvalue weighted by Crippen LogP contribution is -2.19. The minimum Gasteiger partial charge on any atom is -0.494 e. The van der Waals surface area contributed by atoms with E-state index >= 15 is 0 Å². The van der Waals surface area contributed by atoms with Gasteiger partial charge in [0.25, 0.3) is 5.91 Å². The van der Waals surface area contributed by atoms with Crippen LogP contribution >= 0.6 is 11.8 Å². The molecule has 0 aliphatic carbocycles. The third kappa shape index (κ3) is 5.77. The van der Waals surface area contributed by atoms with E-state index in [0.29, 0.717) is 23.3 Å². The Morgan fingerprint density at radius 1 is 0.903 bits per heavy atom.